The van der Waals surface area contributed by atoms with Gasteiger partial charge in [0, 0.05) is 25.8 Å². The average molecular weight is 204 g/mol. The van der Waals surface area contributed by atoms with E-state index >= 15 is 0 Å². The fraction of sp³-hybridized carbons (Fsp3) is 0.500. The van der Waals surface area contributed by atoms with E-state index in [0.717, 1.165) is 31.7 Å². The number of nitrogens with zero attached hydrogens (tertiary/aromatic N) is 2. The van der Waals surface area contributed by atoms with Crippen molar-refractivity contribution in [1.82, 2.24) is 9.88 Å². The molecule has 2 rings (SSSR count). The third kappa shape index (κ3) is 2.29. The summed E-state index contributed by atoms with van der Waals surface area (Å²) in [5, 5.41) is 0. The number of nitrogen functional groups attached to an aromatic ring is 1. The van der Waals surface area contributed by atoms with Crippen LogP contribution >= 0.6 is 0 Å². The van der Waals surface area contributed by atoms with Crippen LogP contribution in [-0.2, 0) is 13.0 Å². The first-order valence-electron chi connectivity index (χ1n) is 5.39. The molecule has 3 nitrogen and oxygen atoms in total. The molecule has 0 aliphatic carbocycles. The third-order valence-corrected chi connectivity index (χ3v) is 2.79. The molecular weight excluding hydrogens is 186 g/mol. The molecule has 81 valence electrons. The van der Waals surface area contributed by atoms with Crippen LogP contribution in [0.4, 0.5) is 5.69 Å². The van der Waals surface area contributed by atoms with Gasteiger partial charge >= 0.3 is 0 Å². The molecule has 3 heteroatoms. The molecule has 0 fully saturated rings. The normalized spacial score (nSPS) is 16.7. The lowest BCUT2D eigenvalue weighted by molar-refractivity contribution is 0.264. The van der Waals surface area contributed by atoms with Gasteiger partial charge in [-0.2, -0.15) is 0 Å². The van der Waals surface area contributed by atoms with Gasteiger partial charge in [0.15, 0.2) is 0 Å². The lowest BCUT2D eigenvalue weighted by Crippen LogP contribution is -2.33. The zero-order valence-corrected chi connectivity index (χ0v) is 9.45. The zero-order chi connectivity index (χ0) is 10.8. The molecule has 0 saturated carbocycles. The van der Waals surface area contributed by atoms with E-state index in [2.05, 4.69) is 23.7 Å². The van der Waals surface area contributed by atoms with Crippen molar-refractivity contribution >= 4 is 5.69 Å². The number of anilines is 1. The van der Waals surface area contributed by atoms with Gasteiger partial charge in [0.25, 0.3) is 0 Å². The van der Waals surface area contributed by atoms with Gasteiger partial charge in [0.05, 0.1) is 11.9 Å². The number of hydrogen-bond donors (Lipinski definition) is 1. The summed E-state index contributed by atoms with van der Waals surface area (Å²) in [5.74, 6) is 1.45. The van der Waals surface area contributed by atoms with Gasteiger partial charge < -0.3 is 5.73 Å². The SMILES string of the molecule is C[C](C)CN1CCc2c(N)cncc2C1. The largest absolute Gasteiger partial charge is 0.397 e. The number of aromatic nitrogens is 1. The van der Waals surface area contributed by atoms with Crippen LogP contribution < -0.4 is 5.73 Å². The first-order chi connectivity index (χ1) is 7.16. The molecule has 2 N–H and O–H groups in total. The van der Waals surface area contributed by atoms with Gasteiger partial charge in [-0.15, -0.1) is 0 Å². The Balaban J connectivity index is 2.13. The number of hydrogen-bond acceptors (Lipinski definition) is 3. The quantitative estimate of drug-likeness (QED) is 0.796. The molecule has 2 heterocycles. The van der Waals surface area contributed by atoms with Crippen molar-refractivity contribution in [2.75, 3.05) is 18.8 Å². The molecule has 0 saturated heterocycles. The van der Waals surface area contributed by atoms with E-state index in [1.54, 1.807) is 6.20 Å². The summed E-state index contributed by atoms with van der Waals surface area (Å²) in [6, 6.07) is 0. The first-order valence-corrected chi connectivity index (χ1v) is 5.39. The van der Waals surface area contributed by atoms with Crippen LogP contribution in [0.15, 0.2) is 12.4 Å². The van der Waals surface area contributed by atoms with Crippen molar-refractivity contribution in [2.45, 2.75) is 26.8 Å². The molecule has 1 radical (unpaired) electrons. The Kier molecular flexibility index (Phi) is 2.91. The molecule has 0 atom stereocenters. The predicted octanol–water partition coefficient (Wildman–Crippen LogP) is 1.64. The highest BCUT2D eigenvalue weighted by molar-refractivity contribution is 5.49. The standard InChI is InChI=1S/C12H18N3/c1-9(2)7-15-4-3-11-10(8-15)5-14-6-12(11)13/h5-6H,3-4,7-8,13H2,1-2H3. The van der Waals surface area contributed by atoms with E-state index in [1.807, 2.05) is 6.20 Å². The highest BCUT2D eigenvalue weighted by Gasteiger charge is 2.18. The molecular formula is C12H18N3. The molecule has 0 spiro atoms. The van der Waals surface area contributed by atoms with E-state index in [4.69, 9.17) is 5.73 Å². The number of fused-ring (bicyclic) bond motifs is 1. The fourth-order valence-electron chi connectivity index (χ4n) is 2.16. The Morgan fingerprint density at radius 3 is 3.00 bits per heavy atom. The predicted molar refractivity (Wildman–Crippen MR) is 62.2 cm³/mol. The first kappa shape index (κ1) is 10.4. The van der Waals surface area contributed by atoms with Gasteiger partial charge in [-0.05, 0) is 23.5 Å². The van der Waals surface area contributed by atoms with Crippen LogP contribution in [0.2, 0.25) is 0 Å². The third-order valence-electron chi connectivity index (χ3n) is 2.79. The average Bonchev–Trinajstić information content (AvgIpc) is 2.17. The minimum Gasteiger partial charge on any atom is -0.397 e. The van der Waals surface area contributed by atoms with Crippen molar-refractivity contribution in [2.24, 2.45) is 0 Å². The summed E-state index contributed by atoms with van der Waals surface area (Å²) in [5.41, 5.74) is 9.35. The summed E-state index contributed by atoms with van der Waals surface area (Å²) >= 11 is 0. The molecule has 1 aromatic rings. The van der Waals surface area contributed by atoms with Crippen LogP contribution in [0, 0.1) is 5.92 Å². The van der Waals surface area contributed by atoms with Gasteiger partial charge in [-0.3, -0.25) is 9.88 Å². The zero-order valence-electron chi connectivity index (χ0n) is 9.45. The Hall–Kier alpha value is -1.09. The molecule has 15 heavy (non-hydrogen) atoms. The Morgan fingerprint density at radius 1 is 1.47 bits per heavy atom. The number of rotatable bonds is 2. The van der Waals surface area contributed by atoms with Crippen molar-refractivity contribution in [3.8, 4) is 0 Å². The lowest BCUT2D eigenvalue weighted by atomic mass is 10.00. The Bertz CT molecular complexity index is 347. The number of pyridine rings is 1. The highest BCUT2D eigenvalue weighted by Crippen LogP contribution is 2.23. The van der Waals surface area contributed by atoms with E-state index in [0.29, 0.717) is 0 Å². The summed E-state index contributed by atoms with van der Waals surface area (Å²) in [6.07, 6.45) is 4.76. The summed E-state index contributed by atoms with van der Waals surface area (Å²) in [4.78, 5) is 6.60. The van der Waals surface area contributed by atoms with Crippen molar-refractivity contribution in [3.63, 3.8) is 0 Å². The minimum atomic E-state index is 0.851. The Labute approximate surface area is 91.3 Å². The summed E-state index contributed by atoms with van der Waals surface area (Å²) < 4.78 is 0. The monoisotopic (exact) mass is 204 g/mol. The molecule has 1 aliphatic rings. The topological polar surface area (TPSA) is 42.1 Å². The van der Waals surface area contributed by atoms with E-state index in [1.165, 1.54) is 17.0 Å². The maximum absolute atomic E-state index is 5.90. The van der Waals surface area contributed by atoms with Gasteiger partial charge in [0.2, 0.25) is 0 Å². The van der Waals surface area contributed by atoms with Crippen LogP contribution in [0.1, 0.15) is 25.0 Å². The second-order valence-electron chi connectivity index (χ2n) is 4.53. The maximum atomic E-state index is 5.90. The van der Waals surface area contributed by atoms with Crippen LogP contribution in [0.5, 0.6) is 0 Å². The van der Waals surface area contributed by atoms with Gasteiger partial charge in [-0.25, -0.2) is 0 Å². The summed E-state index contributed by atoms with van der Waals surface area (Å²) in [6.45, 7) is 7.51. The summed E-state index contributed by atoms with van der Waals surface area (Å²) in [7, 11) is 0. The van der Waals surface area contributed by atoms with E-state index in [-0.39, 0.29) is 0 Å². The molecule has 1 aliphatic heterocycles. The van der Waals surface area contributed by atoms with Crippen molar-refractivity contribution in [1.29, 1.82) is 0 Å². The van der Waals surface area contributed by atoms with Gasteiger partial charge in [0.1, 0.15) is 0 Å². The molecule has 0 amide bonds. The second-order valence-corrected chi connectivity index (χ2v) is 4.53. The van der Waals surface area contributed by atoms with Crippen LogP contribution in [-0.4, -0.2) is 23.0 Å². The highest BCUT2D eigenvalue weighted by atomic mass is 15.1. The fourth-order valence-corrected chi connectivity index (χ4v) is 2.16. The van der Waals surface area contributed by atoms with Crippen LogP contribution in [0.25, 0.3) is 0 Å². The maximum Gasteiger partial charge on any atom is 0.0536 e. The van der Waals surface area contributed by atoms with Crippen molar-refractivity contribution in [3.05, 3.63) is 29.4 Å². The molecule has 1 aromatic heterocycles. The second kappa shape index (κ2) is 4.19. The van der Waals surface area contributed by atoms with Crippen molar-refractivity contribution < 1.29 is 0 Å². The molecule has 0 bridgehead atoms. The number of nitrogens with two attached hydrogens (primary N) is 1. The minimum absolute atomic E-state index is 0.851. The van der Waals surface area contributed by atoms with Gasteiger partial charge in [-0.1, -0.05) is 13.8 Å². The smallest absolute Gasteiger partial charge is 0.0536 e. The molecule has 0 unspecified atom stereocenters. The molecule has 0 aromatic carbocycles. The van der Waals surface area contributed by atoms with Crippen LogP contribution in [0.3, 0.4) is 0 Å². The Morgan fingerprint density at radius 2 is 2.27 bits per heavy atom. The lowest BCUT2D eigenvalue weighted by Gasteiger charge is -2.30. The van der Waals surface area contributed by atoms with E-state index < -0.39 is 0 Å². The van der Waals surface area contributed by atoms with E-state index in [9.17, 15) is 0 Å².